The molecule has 0 atom stereocenters. The highest BCUT2D eigenvalue weighted by atomic mass is 15.3. The van der Waals surface area contributed by atoms with E-state index < -0.39 is 0 Å². The number of hydrogen-bond donors (Lipinski definition) is 1. The van der Waals surface area contributed by atoms with Crippen molar-refractivity contribution in [2.24, 2.45) is 0 Å². The monoisotopic (exact) mass is 324 g/mol. The summed E-state index contributed by atoms with van der Waals surface area (Å²) in [6, 6.07) is 21.2. The van der Waals surface area contributed by atoms with Crippen LogP contribution in [0.2, 0.25) is 0 Å². The van der Waals surface area contributed by atoms with Crippen LogP contribution in [-0.2, 0) is 0 Å². The molecule has 0 bridgehead atoms. The third-order valence-corrected chi connectivity index (χ3v) is 5.00. The van der Waals surface area contributed by atoms with Gasteiger partial charge in [0.25, 0.3) is 0 Å². The Bertz CT molecular complexity index is 637. The van der Waals surface area contributed by atoms with Gasteiger partial charge in [0.05, 0.1) is 11.1 Å². The van der Waals surface area contributed by atoms with E-state index in [9.17, 15) is 0 Å². The molecule has 0 aromatic heterocycles. The third-order valence-electron chi connectivity index (χ3n) is 5.00. The Balaban J connectivity index is 2.43. The molecule has 2 rings (SSSR count). The van der Waals surface area contributed by atoms with Crippen LogP contribution in [0.1, 0.15) is 48.5 Å². The molecule has 130 valence electrons. The van der Waals surface area contributed by atoms with Gasteiger partial charge in [-0.2, -0.15) is 0 Å². The van der Waals surface area contributed by atoms with Crippen molar-refractivity contribution in [3.05, 3.63) is 60.7 Å². The number of benzene rings is 2. The maximum Gasteiger partial charge on any atom is 0.0575 e. The quantitative estimate of drug-likeness (QED) is 0.730. The summed E-state index contributed by atoms with van der Waals surface area (Å²) in [7, 11) is 0. The summed E-state index contributed by atoms with van der Waals surface area (Å²) in [6.07, 6.45) is 0. The summed E-state index contributed by atoms with van der Waals surface area (Å²) < 4.78 is 0. The molecule has 0 saturated carbocycles. The Morgan fingerprint density at radius 1 is 0.667 bits per heavy atom. The first-order valence-electron chi connectivity index (χ1n) is 8.74. The van der Waals surface area contributed by atoms with Crippen molar-refractivity contribution in [3.63, 3.8) is 0 Å². The molecule has 0 aliphatic carbocycles. The van der Waals surface area contributed by atoms with Crippen molar-refractivity contribution in [2.45, 2.75) is 65.1 Å². The number of rotatable bonds is 5. The second kappa shape index (κ2) is 6.51. The SMILES string of the molecule is CC(C)(C)N(c1ccccc1)C(C)(C)C(C)(C)Nc1ccccc1. The fourth-order valence-corrected chi connectivity index (χ4v) is 3.44. The van der Waals surface area contributed by atoms with Gasteiger partial charge in [0.2, 0.25) is 0 Å². The van der Waals surface area contributed by atoms with Crippen LogP contribution in [0.4, 0.5) is 11.4 Å². The maximum absolute atomic E-state index is 3.74. The molecule has 0 heterocycles. The maximum atomic E-state index is 3.74. The first kappa shape index (κ1) is 18.4. The summed E-state index contributed by atoms with van der Waals surface area (Å²) in [5.74, 6) is 0. The zero-order chi connectivity index (χ0) is 18.0. The largest absolute Gasteiger partial charge is 0.378 e. The molecule has 0 aliphatic heterocycles. The van der Waals surface area contributed by atoms with Gasteiger partial charge in [0, 0.05) is 16.9 Å². The Morgan fingerprint density at radius 3 is 1.58 bits per heavy atom. The van der Waals surface area contributed by atoms with Gasteiger partial charge in [-0.3, -0.25) is 0 Å². The van der Waals surface area contributed by atoms with Gasteiger partial charge >= 0.3 is 0 Å². The third kappa shape index (κ3) is 3.75. The number of para-hydroxylation sites is 2. The van der Waals surface area contributed by atoms with Crippen LogP contribution in [0.5, 0.6) is 0 Å². The van der Waals surface area contributed by atoms with E-state index in [4.69, 9.17) is 0 Å². The molecule has 0 saturated heterocycles. The van der Waals surface area contributed by atoms with Gasteiger partial charge in [-0.1, -0.05) is 36.4 Å². The lowest BCUT2D eigenvalue weighted by Crippen LogP contribution is -2.66. The minimum atomic E-state index is -0.141. The second-order valence-corrected chi connectivity index (χ2v) is 8.52. The summed E-state index contributed by atoms with van der Waals surface area (Å²) in [5, 5.41) is 3.74. The van der Waals surface area contributed by atoms with Gasteiger partial charge in [-0.05, 0) is 72.7 Å². The van der Waals surface area contributed by atoms with Crippen LogP contribution in [0.15, 0.2) is 60.7 Å². The highest BCUT2D eigenvalue weighted by molar-refractivity contribution is 5.55. The molecule has 1 N–H and O–H groups in total. The lowest BCUT2D eigenvalue weighted by molar-refractivity contribution is 0.261. The van der Waals surface area contributed by atoms with E-state index in [1.165, 1.54) is 5.69 Å². The minimum absolute atomic E-state index is 0.000487. The molecule has 2 nitrogen and oxygen atoms in total. The summed E-state index contributed by atoms with van der Waals surface area (Å²) in [4.78, 5) is 2.52. The first-order chi connectivity index (χ1) is 11.1. The molecular formula is C22H32N2. The fraction of sp³-hybridized carbons (Fsp3) is 0.455. The minimum Gasteiger partial charge on any atom is -0.378 e. The van der Waals surface area contributed by atoms with Gasteiger partial charge < -0.3 is 10.2 Å². The van der Waals surface area contributed by atoms with E-state index in [2.05, 4.69) is 119 Å². The average molecular weight is 325 g/mol. The van der Waals surface area contributed by atoms with E-state index >= 15 is 0 Å². The van der Waals surface area contributed by atoms with Crippen LogP contribution in [0.25, 0.3) is 0 Å². The van der Waals surface area contributed by atoms with Gasteiger partial charge in [0.15, 0.2) is 0 Å². The number of nitrogens with one attached hydrogen (secondary N) is 1. The van der Waals surface area contributed by atoms with E-state index in [1.807, 2.05) is 0 Å². The van der Waals surface area contributed by atoms with Crippen LogP contribution in [0.3, 0.4) is 0 Å². The highest BCUT2D eigenvalue weighted by Crippen LogP contribution is 2.39. The van der Waals surface area contributed by atoms with Crippen molar-refractivity contribution >= 4 is 11.4 Å². The number of hydrogen-bond acceptors (Lipinski definition) is 2. The normalized spacial score (nSPS) is 12.8. The summed E-state index contributed by atoms with van der Waals surface area (Å²) >= 11 is 0. The first-order valence-corrected chi connectivity index (χ1v) is 8.74. The van der Waals surface area contributed by atoms with Crippen molar-refractivity contribution in [3.8, 4) is 0 Å². The zero-order valence-electron chi connectivity index (χ0n) is 16.2. The lowest BCUT2D eigenvalue weighted by atomic mass is 9.77. The van der Waals surface area contributed by atoms with E-state index in [0.717, 1.165) is 5.69 Å². The van der Waals surface area contributed by atoms with E-state index in [1.54, 1.807) is 0 Å². The fourth-order valence-electron chi connectivity index (χ4n) is 3.44. The number of anilines is 2. The molecule has 2 aromatic carbocycles. The molecule has 2 aromatic rings. The Labute approximate surface area is 147 Å². The van der Waals surface area contributed by atoms with Gasteiger partial charge in [-0.25, -0.2) is 0 Å². The van der Waals surface area contributed by atoms with Crippen LogP contribution in [0, 0.1) is 0 Å². The molecule has 0 unspecified atom stereocenters. The number of nitrogens with zero attached hydrogens (tertiary/aromatic N) is 1. The van der Waals surface area contributed by atoms with Crippen molar-refractivity contribution in [2.75, 3.05) is 10.2 Å². The van der Waals surface area contributed by atoms with E-state index in [0.29, 0.717) is 0 Å². The smallest absolute Gasteiger partial charge is 0.0575 e. The van der Waals surface area contributed by atoms with Crippen molar-refractivity contribution in [1.82, 2.24) is 0 Å². The van der Waals surface area contributed by atoms with Crippen molar-refractivity contribution in [1.29, 1.82) is 0 Å². The molecule has 24 heavy (non-hydrogen) atoms. The summed E-state index contributed by atoms with van der Waals surface area (Å²) in [5.41, 5.74) is 2.14. The molecule has 0 radical (unpaired) electrons. The molecule has 0 fully saturated rings. The average Bonchev–Trinajstić information content (AvgIpc) is 2.47. The van der Waals surface area contributed by atoms with Crippen LogP contribution >= 0.6 is 0 Å². The Hall–Kier alpha value is -1.96. The predicted molar refractivity (Wildman–Crippen MR) is 107 cm³/mol. The zero-order valence-corrected chi connectivity index (χ0v) is 16.2. The summed E-state index contributed by atoms with van der Waals surface area (Å²) in [6.45, 7) is 16.0. The Kier molecular flexibility index (Phi) is 4.98. The molecule has 0 amide bonds. The molecule has 0 spiro atoms. The lowest BCUT2D eigenvalue weighted by Gasteiger charge is -2.56. The standard InChI is InChI=1S/C22H32N2/c1-20(2,3)24(19-16-12-9-13-17-19)22(6,7)21(4,5)23-18-14-10-8-11-15-18/h8-17,23H,1-7H3. The highest BCUT2D eigenvalue weighted by Gasteiger charge is 2.45. The second-order valence-electron chi connectivity index (χ2n) is 8.52. The molecule has 2 heteroatoms. The van der Waals surface area contributed by atoms with Gasteiger partial charge in [-0.15, -0.1) is 0 Å². The van der Waals surface area contributed by atoms with Gasteiger partial charge in [0.1, 0.15) is 0 Å². The molecular weight excluding hydrogens is 292 g/mol. The van der Waals surface area contributed by atoms with Crippen molar-refractivity contribution < 1.29 is 0 Å². The molecule has 0 aliphatic rings. The van der Waals surface area contributed by atoms with Crippen LogP contribution < -0.4 is 10.2 Å². The topological polar surface area (TPSA) is 15.3 Å². The van der Waals surface area contributed by atoms with Crippen LogP contribution in [-0.4, -0.2) is 16.6 Å². The predicted octanol–water partition coefficient (Wildman–Crippen LogP) is 5.96. The Morgan fingerprint density at radius 2 is 1.12 bits per heavy atom. The van der Waals surface area contributed by atoms with E-state index in [-0.39, 0.29) is 16.6 Å².